The molecule has 0 heterocycles. The lowest BCUT2D eigenvalue weighted by Gasteiger charge is -2.60. The summed E-state index contributed by atoms with van der Waals surface area (Å²) < 4.78 is 10.9. The van der Waals surface area contributed by atoms with Crippen molar-refractivity contribution in [2.75, 3.05) is 14.2 Å². The maximum atomic E-state index is 12.1. The molecule has 0 unspecified atom stereocenters. The first kappa shape index (κ1) is 20.5. The molecule has 0 spiro atoms. The van der Waals surface area contributed by atoms with Gasteiger partial charge in [0.1, 0.15) is 0 Å². The normalized spacial score (nSPS) is 53.0. The molecular formula is C25H40O4. The molecular weight excluding hydrogens is 364 g/mol. The monoisotopic (exact) mass is 404 g/mol. The number of fused-ring (bicyclic) bond motifs is 7. The molecule has 5 rings (SSSR count). The molecule has 4 saturated carbocycles. The summed E-state index contributed by atoms with van der Waals surface area (Å²) in [6, 6.07) is 0. The molecule has 0 aromatic carbocycles. The van der Waals surface area contributed by atoms with E-state index >= 15 is 0 Å². The molecule has 5 aliphatic carbocycles. The van der Waals surface area contributed by atoms with Gasteiger partial charge >= 0.3 is 0 Å². The fraction of sp³-hybridized carbons (Fsp3) is 0.920. The summed E-state index contributed by atoms with van der Waals surface area (Å²) in [5.74, 6) is 3.23. The van der Waals surface area contributed by atoms with Gasteiger partial charge in [0.05, 0.1) is 11.7 Å². The van der Waals surface area contributed by atoms with Crippen LogP contribution in [0.25, 0.3) is 0 Å². The number of hydrogen-bond donors (Lipinski definition) is 2. The Morgan fingerprint density at radius 3 is 2.59 bits per heavy atom. The van der Waals surface area contributed by atoms with Crippen molar-refractivity contribution in [1.82, 2.24) is 0 Å². The van der Waals surface area contributed by atoms with Crippen molar-refractivity contribution in [3.8, 4) is 0 Å². The Kier molecular flexibility index (Phi) is 4.79. The van der Waals surface area contributed by atoms with Crippen LogP contribution in [0, 0.1) is 40.4 Å². The van der Waals surface area contributed by atoms with Gasteiger partial charge in [-0.15, -0.1) is 0 Å². The Morgan fingerprint density at radius 1 is 1.10 bits per heavy atom. The SMILES string of the molecule is COC(CC[C@]1(O)[C@H]2C[C@H]2[C@@H]2[C@H]3CC=C4C[C@@H](O)CC[C@]4(C)[C@H]3CC[C@@]21C)OC. The molecule has 0 bridgehead atoms. The van der Waals surface area contributed by atoms with E-state index in [4.69, 9.17) is 9.47 Å². The van der Waals surface area contributed by atoms with Crippen molar-refractivity contribution < 1.29 is 19.7 Å². The van der Waals surface area contributed by atoms with Gasteiger partial charge < -0.3 is 19.7 Å². The third-order valence-corrected chi connectivity index (χ3v) is 10.5. The zero-order chi connectivity index (χ0) is 20.6. The van der Waals surface area contributed by atoms with E-state index in [1.54, 1.807) is 14.2 Å². The molecule has 0 radical (unpaired) electrons. The molecule has 0 saturated heterocycles. The minimum Gasteiger partial charge on any atom is -0.393 e. The number of methoxy groups -OCH3 is 2. The van der Waals surface area contributed by atoms with E-state index in [1.807, 2.05) is 0 Å². The van der Waals surface area contributed by atoms with Crippen LogP contribution in [0.3, 0.4) is 0 Å². The number of allylic oxidation sites excluding steroid dienone is 1. The van der Waals surface area contributed by atoms with Gasteiger partial charge in [0, 0.05) is 20.6 Å². The van der Waals surface area contributed by atoms with Crippen LogP contribution in [0.5, 0.6) is 0 Å². The molecule has 4 heteroatoms. The van der Waals surface area contributed by atoms with Crippen molar-refractivity contribution in [3.05, 3.63) is 11.6 Å². The molecule has 4 nitrogen and oxygen atoms in total. The maximum absolute atomic E-state index is 12.1. The number of hydrogen-bond acceptors (Lipinski definition) is 4. The van der Waals surface area contributed by atoms with Gasteiger partial charge in [-0.25, -0.2) is 0 Å². The van der Waals surface area contributed by atoms with Gasteiger partial charge in [-0.3, -0.25) is 0 Å². The zero-order valence-corrected chi connectivity index (χ0v) is 18.7. The van der Waals surface area contributed by atoms with E-state index in [2.05, 4.69) is 19.9 Å². The van der Waals surface area contributed by atoms with Crippen LogP contribution in [0.15, 0.2) is 11.6 Å². The largest absolute Gasteiger partial charge is 0.393 e. The van der Waals surface area contributed by atoms with E-state index in [9.17, 15) is 10.2 Å². The summed E-state index contributed by atoms with van der Waals surface area (Å²) >= 11 is 0. The average Bonchev–Trinajstić information content (AvgIpc) is 3.46. The Balaban J connectivity index is 1.42. The summed E-state index contributed by atoms with van der Waals surface area (Å²) in [6.07, 6.45) is 11.4. The summed E-state index contributed by atoms with van der Waals surface area (Å²) in [6.45, 7) is 4.89. The van der Waals surface area contributed by atoms with E-state index in [1.165, 1.54) is 18.4 Å². The molecule has 4 fully saturated rings. The van der Waals surface area contributed by atoms with Gasteiger partial charge in [-0.2, -0.15) is 0 Å². The number of aliphatic hydroxyl groups is 2. The summed E-state index contributed by atoms with van der Waals surface area (Å²) in [4.78, 5) is 0. The van der Waals surface area contributed by atoms with Gasteiger partial charge in [0.15, 0.2) is 6.29 Å². The quantitative estimate of drug-likeness (QED) is 0.530. The van der Waals surface area contributed by atoms with E-state index in [0.29, 0.717) is 23.7 Å². The van der Waals surface area contributed by atoms with E-state index < -0.39 is 5.60 Å². The van der Waals surface area contributed by atoms with Crippen LogP contribution in [-0.4, -0.2) is 42.4 Å². The fourth-order valence-electron chi connectivity index (χ4n) is 8.92. The average molecular weight is 405 g/mol. The Hall–Kier alpha value is -0.420. The molecule has 0 aliphatic heterocycles. The first-order valence-corrected chi connectivity index (χ1v) is 11.9. The molecule has 0 aromatic rings. The first-order chi connectivity index (χ1) is 13.8. The van der Waals surface area contributed by atoms with Crippen molar-refractivity contribution >= 4 is 0 Å². The van der Waals surface area contributed by atoms with Crippen molar-refractivity contribution in [2.45, 2.75) is 89.6 Å². The van der Waals surface area contributed by atoms with Gasteiger partial charge in [0.25, 0.3) is 0 Å². The predicted molar refractivity (Wildman–Crippen MR) is 112 cm³/mol. The summed E-state index contributed by atoms with van der Waals surface area (Å²) in [5.41, 5.74) is 1.25. The van der Waals surface area contributed by atoms with E-state index in [0.717, 1.165) is 50.9 Å². The fourth-order valence-corrected chi connectivity index (χ4v) is 8.92. The molecule has 2 N–H and O–H groups in total. The van der Waals surface area contributed by atoms with Crippen molar-refractivity contribution in [1.29, 1.82) is 0 Å². The highest BCUT2D eigenvalue weighted by Gasteiger charge is 2.75. The summed E-state index contributed by atoms with van der Waals surface area (Å²) in [5, 5.41) is 22.3. The first-order valence-electron chi connectivity index (χ1n) is 11.9. The molecule has 0 aromatic heterocycles. The number of rotatable bonds is 5. The number of aliphatic hydroxyl groups excluding tert-OH is 1. The topological polar surface area (TPSA) is 58.9 Å². The molecule has 29 heavy (non-hydrogen) atoms. The zero-order valence-electron chi connectivity index (χ0n) is 18.7. The van der Waals surface area contributed by atoms with Gasteiger partial charge in [-0.05, 0) is 91.8 Å². The second-order valence-electron chi connectivity index (χ2n) is 11.4. The van der Waals surface area contributed by atoms with Crippen molar-refractivity contribution in [3.63, 3.8) is 0 Å². The van der Waals surface area contributed by atoms with Crippen LogP contribution < -0.4 is 0 Å². The van der Waals surface area contributed by atoms with Crippen LogP contribution in [0.2, 0.25) is 0 Å². The maximum Gasteiger partial charge on any atom is 0.156 e. The smallest absolute Gasteiger partial charge is 0.156 e. The minimum absolute atomic E-state index is 0.0175. The Morgan fingerprint density at radius 2 is 1.86 bits per heavy atom. The lowest BCUT2D eigenvalue weighted by molar-refractivity contribution is -0.165. The number of ether oxygens (including phenoxy) is 2. The molecule has 5 aliphatic rings. The highest BCUT2D eigenvalue weighted by atomic mass is 16.7. The third-order valence-electron chi connectivity index (χ3n) is 10.5. The lowest BCUT2D eigenvalue weighted by Crippen LogP contribution is -2.56. The second kappa shape index (κ2) is 6.79. The Labute approximate surface area is 176 Å². The predicted octanol–water partition coefficient (Wildman–Crippen LogP) is 4.30. The standard InChI is InChI=1S/C25H40O4/c1-23-10-7-16(26)13-15(23)5-6-17-19(23)8-11-24(2)22(17)18-14-20(18)25(24,27)12-9-21(28-3)29-4/h5,16-22,26-27H,6-14H2,1-4H3/t16-,17-,18+,19-,20-,22-,23-,24-,25-/m0/s1. The van der Waals surface area contributed by atoms with E-state index in [-0.39, 0.29) is 23.2 Å². The highest BCUT2D eigenvalue weighted by Crippen LogP contribution is 2.77. The van der Waals surface area contributed by atoms with Crippen LogP contribution in [0.1, 0.15) is 71.6 Å². The minimum atomic E-state index is -0.573. The molecule has 9 atom stereocenters. The highest BCUT2D eigenvalue weighted by molar-refractivity contribution is 5.29. The second-order valence-corrected chi connectivity index (χ2v) is 11.4. The van der Waals surface area contributed by atoms with Gasteiger partial charge in [0.2, 0.25) is 0 Å². The summed E-state index contributed by atoms with van der Waals surface area (Å²) in [7, 11) is 3.38. The van der Waals surface area contributed by atoms with Crippen LogP contribution in [0.4, 0.5) is 0 Å². The molecule has 0 amide bonds. The van der Waals surface area contributed by atoms with Crippen molar-refractivity contribution in [2.24, 2.45) is 40.4 Å². The van der Waals surface area contributed by atoms with Crippen LogP contribution >= 0.6 is 0 Å². The lowest BCUT2D eigenvalue weighted by atomic mass is 9.45. The third kappa shape index (κ3) is 2.71. The Bertz CT molecular complexity index is 686. The van der Waals surface area contributed by atoms with Crippen LogP contribution in [-0.2, 0) is 9.47 Å². The van der Waals surface area contributed by atoms with Gasteiger partial charge in [-0.1, -0.05) is 25.5 Å². The molecule has 164 valence electrons.